The Kier molecular flexibility index (Phi) is 37.9. The molecule has 2 atom stereocenters. The van der Waals surface area contributed by atoms with E-state index >= 15 is 0 Å². The quantitative estimate of drug-likeness (QED) is 0.0126. The van der Waals surface area contributed by atoms with Gasteiger partial charge in [-0.05, 0) is 25.7 Å². The van der Waals surface area contributed by atoms with Crippen LogP contribution in [0.25, 0.3) is 0 Å². The number of hydrogen-bond donors (Lipinski definition) is 1. The average Bonchev–Trinajstić information content (AvgIpc) is 3.15. The number of ether oxygens (including phenoxy) is 2. The molecule has 0 amide bonds. The molecule has 0 aromatic carbocycles. The van der Waals surface area contributed by atoms with Crippen LogP contribution in [-0.2, 0) is 27.9 Å². The summed E-state index contributed by atoms with van der Waals surface area (Å²) in [6, 6.07) is 0. The number of rotatable bonds is 39. The lowest BCUT2D eigenvalue weighted by atomic mass is 10.0. The summed E-state index contributed by atoms with van der Waals surface area (Å²) in [6.45, 7) is 5.11. The Bertz CT molecular complexity index is 1170. The lowest BCUT2D eigenvalue weighted by molar-refractivity contribution is -0.870. The van der Waals surface area contributed by atoms with Gasteiger partial charge in [0, 0.05) is 6.08 Å². The second-order valence-corrected chi connectivity index (χ2v) is 17.0. The lowest BCUT2D eigenvalue weighted by Gasteiger charge is -2.24. The molecule has 0 radical (unpaired) electrons. The van der Waals surface area contributed by atoms with Gasteiger partial charge in [0.05, 0.1) is 41.0 Å². The monoisotopic (exact) mass is 805 g/mol. The fraction of sp³-hybridized carbons (Fsp3) is 0.681. The Morgan fingerprint density at radius 2 is 1.02 bits per heavy atom. The van der Waals surface area contributed by atoms with Gasteiger partial charge in [-0.1, -0.05) is 202 Å². The first-order chi connectivity index (χ1) is 27.1. The van der Waals surface area contributed by atoms with Crippen molar-refractivity contribution < 1.29 is 37.3 Å². The number of esters is 1. The molecule has 0 aromatic heterocycles. The minimum absolute atomic E-state index is 0.00967. The zero-order valence-electron chi connectivity index (χ0n) is 36.3. The zero-order valence-corrected chi connectivity index (χ0v) is 37.2. The molecule has 8 nitrogen and oxygen atoms in total. The molecule has 0 aliphatic carbocycles. The van der Waals surface area contributed by atoms with E-state index in [-0.39, 0.29) is 19.8 Å². The minimum Gasteiger partial charge on any atom is -0.454 e. The predicted molar refractivity (Wildman–Crippen MR) is 238 cm³/mol. The summed E-state index contributed by atoms with van der Waals surface area (Å²) in [5.41, 5.74) is 0. The molecule has 2 unspecified atom stereocenters. The van der Waals surface area contributed by atoms with Crippen molar-refractivity contribution in [3.8, 4) is 0 Å². The Labute approximate surface area is 344 Å². The van der Waals surface area contributed by atoms with E-state index in [9.17, 15) is 14.3 Å². The van der Waals surface area contributed by atoms with Crippen LogP contribution >= 0.6 is 7.82 Å². The molecule has 0 fully saturated rings. The van der Waals surface area contributed by atoms with Crippen molar-refractivity contribution in [1.82, 2.24) is 0 Å². The number of allylic oxidation sites excluding steroid dienone is 12. The van der Waals surface area contributed by atoms with Gasteiger partial charge in [-0.2, -0.15) is 0 Å². The molecular weight excluding hydrogens is 721 g/mol. The molecule has 0 aliphatic rings. The van der Waals surface area contributed by atoms with Crippen molar-refractivity contribution in [3.63, 3.8) is 0 Å². The largest absolute Gasteiger partial charge is 0.472 e. The second kappa shape index (κ2) is 39.5. The van der Waals surface area contributed by atoms with E-state index in [1.165, 1.54) is 122 Å². The summed E-state index contributed by atoms with van der Waals surface area (Å²) in [5.74, 6) is -0.609. The fourth-order valence-electron chi connectivity index (χ4n) is 5.56. The van der Waals surface area contributed by atoms with Crippen LogP contribution in [0.1, 0.15) is 149 Å². The molecule has 0 saturated heterocycles. The molecule has 1 N–H and O–H groups in total. The third-order valence-electron chi connectivity index (χ3n) is 8.97. The first-order valence-electron chi connectivity index (χ1n) is 21.9. The maximum absolute atomic E-state index is 12.5. The highest BCUT2D eigenvalue weighted by atomic mass is 31.2. The van der Waals surface area contributed by atoms with Gasteiger partial charge in [-0.25, -0.2) is 9.36 Å². The van der Waals surface area contributed by atoms with Crippen LogP contribution in [0.5, 0.6) is 0 Å². The highest BCUT2D eigenvalue weighted by Crippen LogP contribution is 2.43. The smallest absolute Gasteiger partial charge is 0.454 e. The number of hydrogen-bond acceptors (Lipinski definition) is 6. The van der Waals surface area contributed by atoms with E-state index in [1.807, 2.05) is 69.8 Å². The van der Waals surface area contributed by atoms with Crippen LogP contribution < -0.4 is 0 Å². The molecular formula is C47H83NO7P+. The maximum Gasteiger partial charge on any atom is 0.472 e. The number of likely N-dealkylation sites (N-methyl/N-ethyl adjacent to an activating group) is 1. The standard InChI is InChI=1S/C47H82NO7P/c1-6-8-10-12-14-16-18-20-22-23-24-25-26-28-30-32-34-36-38-40-47(49)55-46(45-54-56(50,51)53-43-41-48(3,4)5)44-52-42-39-37-35-33-31-29-27-21-19-17-15-13-11-9-7-2/h22-26,28,30,32,34,36-40,46H,6-21,27,29,31,33,35,41-45H2,1-5H3/p+1/b23-22+,25-24+,28-26+,32-30+,36-34+,39-37+,40-38+. The summed E-state index contributed by atoms with van der Waals surface area (Å²) in [6.07, 6.45) is 53.0. The van der Waals surface area contributed by atoms with Crippen LogP contribution in [0.4, 0.5) is 0 Å². The number of carbonyl (C=O) groups excluding carboxylic acids is 1. The Balaban J connectivity index is 4.56. The van der Waals surface area contributed by atoms with Crippen LogP contribution in [0.2, 0.25) is 0 Å². The lowest BCUT2D eigenvalue weighted by Crippen LogP contribution is -2.37. The molecule has 56 heavy (non-hydrogen) atoms. The number of phosphoric ester groups is 1. The molecule has 0 aromatic rings. The SMILES string of the molecule is CCCCCCCCC/C=C/C=C/C=C/C=C/C=C/C=C/C(=O)OC(COC/C=C/CCCCCCCCCCCCCC)COP(=O)(O)OCC[N+](C)(C)C. The Morgan fingerprint density at radius 1 is 0.571 bits per heavy atom. The van der Waals surface area contributed by atoms with E-state index < -0.39 is 19.9 Å². The van der Waals surface area contributed by atoms with Crippen LogP contribution in [0.3, 0.4) is 0 Å². The van der Waals surface area contributed by atoms with Gasteiger partial charge in [0.1, 0.15) is 19.3 Å². The highest BCUT2D eigenvalue weighted by molar-refractivity contribution is 7.47. The van der Waals surface area contributed by atoms with Crippen molar-refractivity contribution in [2.75, 3.05) is 54.1 Å². The third kappa shape index (κ3) is 42.8. The van der Waals surface area contributed by atoms with Crippen LogP contribution in [0, 0.1) is 0 Å². The van der Waals surface area contributed by atoms with Gasteiger partial charge >= 0.3 is 13.8 Å². The number of phosphoric acid groups is 1. The number of nitrogens with zero attached hydrogens (tertiary/aromatic N) is 1. The van der Waals surface area contributed by atoms with Crippen molar-refractivity contribution >= 4 is 13.8 Å². The van der Waals surface area contributed by atoms with Crippen molar-refractivity contribution in [2.24, 2.45) is 0 Å². The first kappa shape index (κ1) is 53.7. The number of quaternary nitrogens is 1. The summed E-state index contributed by atoms with van der Waals surface area (Å²) >= 11 is 0. The van der Waals surface area contributed by atoms with E-state index in [2.05, 4.69) is 32.1 Å². The molecule has 0 saturated carbocycles. The average molecular weight is 805 g/mol. The normalized spacial score (nSPS) is 14.6. The first-order valence-corrected chi connectivity index (χ1v) is 23.4. The van der Waals surface area contributed by atoms with Gasteiger partial charge in [0.2, 0.25) is 0 Å². The molecule has 0 spiro atoms. The molecule has 0 rings (SSSR count). The van der Waals surface area contributed by atoms with Gasteiger partial charge < -0.3 is 18.9 Å². The maximum atomic E-state index is 12.5. The van der Waals surface area contributed by atoms with Crippen LogP contribution in [0.15, 0.2) is 85.1 Å². The third-order valence-corrected chi connectivity index (χ3v) is 9.96. The molecule has 0 heterocycles. The zero-order chi connectivity index (χ0) is 41.3. The van der Waals surface area contributed by atoms with Crippen molar-refractivity contribution in [1.29, 1.82) is 0 Å². The minimum atomic E-state index is -4.33. The van der Waals surface area contributed by atoms with Gasteiger partial charge in [0.15, 0.2) is 0 Å². The Hall–Kier alpha value is -2.32. The summed E-state index contributed by atoms with van der Waals surface area (Å²) in [7, 11) is 1.54. The van der Waals surface area contributed by atoms with Gasteiger partial charge in [0.25, 0.3) is 0 Å². The van der Waals surface area contributed by atoms with Crippen LogP contribution in [-0.4, -0.2) is 75.6 Å². The van der Waals surface area contributed by atoms with E-state index in [0.717, 1.165) is 19.3 Å². The van der Waals surface area contributed by atoms with Gasteiger partial charge in [-0.15, -0.1) is 0 Å². The molecule has 0 aliphatic heterocycles. The van der Waals surface area contributed by atoms with Crippen molar-refractivity contribution in [3.05, 3.63) is 85.1 Å². The van der Waals surface area contributed by atoms with E-state index in [4.69, 9.17) is 18.5 Å². The second-order valence-electron chi connectivity index (χ2n) is 15.6. The summed E-state index contributed by atoms with van der Waals surface area (Å²) in [5, 5.41) is 0. The predicted octanol–water partition coefficient (Wildman–Crippen LogP) is 12.9. The topological polar surface area (TPSA) is 91.3 Å². The van der Waals surface area contributed by atoms with Gasteiger partial charge in [-0.3, -0.25) is 9.05 Å². The van der Waals surface area contributed by atoms with Crippen molar-refractivity contribution in [2.45, 2.75) is 155 Å². The summed E-state index contributed by atoms with van der Waals surface area (Å²) < 4.78 is 34.5. The molecule has 0 bridgehead atoms. The molecule has 322 valence electrons. The highest BCUT2D eigenvalue weighted by Gasteiger charge is 2.26. The summed E-state index contributed by atoms with van der Waals surface area (Å²) in [4.78, 5) is 22.7. The number of carbonyl (C=O) groups is 1. The van der Waals surface area contributed by atoms with E-state index in [1.54, 1.807) is 12.2 Å². The molecule has 9 heteroatoms. The van der Waals surface area contributed by atoms with E-state index in [0.29, 0.717) is 17.6 Å². The Morgan fingerprint density at radius 3 is 1.52 bits per heavy atom. The fourth-order valence-corrected chi connectivity index (χ4v) is 6.30. The number of unbranched alkanes of at least 4 members (excludes halogenated alkanes) is 19.